The number of hydrogen-bond donors (Lipinski definition) is 1. The molecule has 0 spiro atoms. The summed E-state index contributed by atoms with van der Waals surface area (Å²) < 4.78 is 11.6. The lowest BCUT2D eigenvalue weighted by Crippen LogP contribution is -2.54. The molecular formula is C22H41NO5Si. The highest BCUT2D eigenvalue weighted by Crippen LogP contribution is 2.40. The number of carbonyl (C=O) groups excluding carboxylic acids is 1. The Hall–Kier alpha value is -1.34. The van der Waals surface area contributed by atoms with Gasteiger partial charge in [-0.3, -0.25) is 4.90 Å². The topological polar surface area (TPSA) is 76.1 Å². The first kappa shape index (κ1) is 25.7. The number of carboxylic acids is 1. The predicted octanol–water partition coefficient (Wildman–Crippen LogP) is 5.45. The first-order valence-corrected chi connectivity index (χ1v) is 13.5. The van der Waals surface area contributed by atoms with Crippen LogP contribution >= 0.6 is 0 Å². The van der Waals surface area contributed by atoms with Crippen LogP contribution in [-0.2, 0) is 14.0 Å². The quantitative estimate of drug-likeness (QED) is 0.317. The number of carbonyl (C=O) groups is 2. The maximum atomic E-state index is 12.7. The fourth-order valence-electron chi connectivity index (χ4n) is 3.16. The van der Waals surface area contributed by atoms with Crippen molar-refractivity contribution in [3.8, 4) is 0 Å². The Morgan fingerprint density at radius 3 is 2.24 bits per heavy atom. The lowest BCUT2D eigenvalue weighted by Gasteiger charge is -2.37. The standard InChI is InChI=1S/C22H41NO5Si/c1-17-11-14-23(19(26)27-16-13-20(2,3)4)22(17,18(24)25)12-10-15-28-29(8,9)21(5,6)7/h1,10-16H2,2-9H3,(H,24,25)/t22-/m1/s1. The summed E-state index contributed by atoms with van der Waals surface area (Å²) in [6.07, 6.45) is 1.45. The van der Waals surface area contributed by atoms with Crippen molar-refractivity contribution in [3.63, 3.8) is 0 Å². The predicted molar refractivity (Wildman–Crippen MR) is 119 cm³/mol. The minimum atomic E-state index is -1.90. The van der Waals surface area contributed by atoms with Gasteiger partial charge in [0.05, 0.1) is 6.61 Å². The molecule has 0 unspecified atom stereocenters. The van der Waals surface area contributed by atoms with E-state index < -0.39 is 25.9 Å². The smallest absolute Gasteiger partial charge is 0.410 e. The van der Waals surface area contributed by atoms with Crippen LogP contribution in [-0.4, -0.2) is 55.7 Å². The van der Waals surface area contributed by atoms with Crippen molar-refractivity contribution < 1.29 is 23.9 Å². The lowest BCUT2D eigenvalue weighted by molar-refractivity contribution is -0.147. The summed E-state index contributed by atoms with van der Waals surface area (Å²) in [5.41, 5.74) is -0.805. The van der Waals surface area contributed by atoms with Gasteiger partial charge in [0.1, 0.15) is 0 Å². The van der Waals surface area contributed by atoms with E-state index in [1.807, 2.05) is 0 Å². The van der Waals surface area contributed by atoms with E-state index >= 15 is 0 Å². The van der Waals surface area contributed by atoms with Gasteiger partial charge in [0, 0.05) is 13.2 Å². The number of hydrogen-bond acceptors (Lipinski definition) is 4. The molecule has 1 heterocycles. The summed E-state index contributed by atoms with van der Waals surface area (Å²) in [7, 11) is -1.90. The number of likely N-dealkylation sites (tertiary alicyclic amines) is 1. The Bertz CT molecular complexity index is 618. The first-order chi connectivity index (χ1) is 13.0. The maximum Gasteiger partial charge on any atom is 0.410 e. The molecule has 1 atom stereocenters. The molecule has 6 nitrogen and oxygen atoms in total. The summed E-state index contributed by atoms with van der Waals surface area (Å²) in [5, 5.41) is 10.1. The molecular weight excluding hydrogens is 386 g/mol. The van der Waals surface area contributed by atoms with Crippen LogP contribution in [0.1, 0.15) is 67.2 Å². The maximum absolute atomic E-state index is 12.7. The summed E-state index contributed by atoms with van der Waals surface area (Å²) >= 11 is 0. The van der Waals surface area contributed by atoms with Gasteiger partial charge in [-0.25, -0.2) is 9.59 Å². The van der Waals surface area contributed by atoms with E-state index in [0.29, 0.717) is 38.0 Å². The van der Waals surface area contributed by atoms with E-state index in [2.05, 4.69) is 61.2 Å². The van der Waals surface area contributed by atoms with Crippen LogP contribution in [0.2, 0.25) is 18.1 Å². The minimum absolute atomic E-state index is 0.0415. The highest BCUT2D eigenvalue weighted by atomic mass is 28.4. The molecule has 0 aromatic rings. The highest BCUT2D eigenvalue weighted by molar-refractivity contribution is 6.74. The summed E-state index contributed by atoms with van der Waals surface area (Å²) in [6, 6.07) is 0. The van der Waals surface area contributed by atoms with E-state index in [1.165, 1.54) is 4.90 Å². The molecule has 0 aromatic heterocycles. The van der Waals surface area contributed by atoms with Crippen LogP contribution in [0.5, 0.6) is 0 Å². The number of carboxylic acid groups (broad SMARTS) is 1. The van der Waals surface area contributed by atoms with Crippen molar-refractivity contribution >= 4 is 20.4 Å². The zero-order valence-corrected chi connectivity index (χ0v) is 20.7. The molecule has 1 fully saturated rings. The fraction of sp³-hybridized carbons (Fsp3) is 0.818. The second-order valence-corrected chi connectivity index (χ2v) is 15.6. The van der Waals surface area contributed by atoms with Crippen molar-refractivity contribution in [3.05, 3.63) is 12.2 Å². The minimum Gasteiger partial charge on any atom is -0.479 e. The third-order valence-corrected chi connectivity index (χ3v) is 10.8. The SMILES string of the molecule is C=C1CCN(C(=O)OCCC(C)(C)C)[C@@]1(CCCO[Si](C)(C)C(C)(C)C)C(=O)O. The van der Waals surface area contributed by atoms with Crippen LogP contribution in [0.15, 0.2) is 12.2 Å². The molecule has 1 aliphatic rings. The van der Waals surface area contributed by atoms with Crippen molar-refractivity contribution in [1.82, 2.24) is 4.90 Å². The Kier molecular flexibility index (Phi) is 8.16. The molecule has 0 saturated carbocycles. The molecule has 7 heteroatoms. The molecule has 0 bridgehead atoms. The number of nitrogens with zero attached hydrogens (tertiary/aromatic N) is 1. The van der Waals surface area contributed by atoms with Gasteiger partial charge < -0.3 is 14.3 Å². The Morgan fingerprint density at radius 1 is 1.17 bits per heavy atom. The molecule has 1 N–H and O–H groups in total. The first-order valence-electron chi connectivity index (χ1n) is 10.5. The largest absolute Gasteiger partial charge is 0.479 e. The number of amides is 1. The Balaban J connectivity index is 2.82. The van der Waals surface area contributed by atoms with E-state index in [-0.39, 0.29) is 23.5 Å². The molecule has 1 aliphatic heterocycles. The second-order valence-electron chi connectivity index (χ2n) is 10.8. The molecule has 29 heavy (non-hydrogen) atoms. The Labute approximate surface area is 177 Å². The second kappa shape index (κ2) is 9.21. The van der Waals surface area contributed by atoms with Crippen LogP contribution in [0, 0.1) is 5.41 Å². The number of rotatable bonds is 8. The van der Waals surface area contributed by atoms with Crippen molar-refractivity contribution in [1.29, 1.82) is 0 Å². The molecule has 1 amide bonds. The lowest BCUT2D eigenvalue weighted by atomic mass is 9.87. The summed E-state index contributed by atoms with van der Waals surface area (Å²) in [5.74, 6) is -1.04. The van der Waals surface area contributed by atoms with Gasteiger partial charge in [0.15, 0.2) is 13.9 Å². The average Bonchev–Trinajstić information content (AvgIpc) is 2.87. The Morgan fingerprint density at radius 2 is 1.76 bits per heavy atom. The average molecular weight is 428 g/mol. The monoisotopic (exact) mass is 427 g/mol. The highest BCUT2D eigenvalue weighted by Gasteiger charge is 2.53. The molecule has 168 valence electrons. The van der Waals surface area contributed by atoms with Gasteiger partial charge in [-0.2, -0.15) is 0 Å². The van der Waals surface area contributed by atoms with Gasteiger partial charge in [-0.05, 0) is 54.8 Å². The molecule has 1 rings (SSSR count). The summed E-state index contributed by atoms with van der Waals surface area (Å²) in [6.45, 7) is 22.1. The number of aliphatic carboxylic acids is 1. The van der Waals surface area contributed by atoms with Gasteiger partial charge in [0.2, 0.25) is 0 Å². The number of ether oxygens (including phenoxy) is 1. The summed E-state index contributed by atoms with van der Waals surface area (Å²) in [4.78, 5) is 26.3. The van der Waals surface area contributed by atoms with E-state index in [9.17, 15) is 14.7 Å². The van der Waals surface area contributed by atoms with E-state index in [4.69, 9.17) is 9.16 Å². The van der Waals surface area contributed by atoms with Gasteiger partial charge >= 0.3 is 12.1 Å². The van der Waals surface area contributed by atoms with Crippen molar-refractivity contribution in [2.45, 2.75) is 90.9 Å². The third kappa shape index (κ3) is 6.32. The zero-order valence-electron chi connectivity index (χ0n) is 19.7. The molecule has 1 saturated heterocycles. The van der Waals surface area contributed by atoms with Crippen LogP contribution < -0.4 is 0 Å². The van der Waals surface area contributed by atoms with E-state index in [0.717, 1.165) is 0 Å². The van der Waals surface area contributed by atoms with E-state index in [1.54, 1.807) is 0 Å². The zero-order chi connectivity index (χ0) is 22.7. The molecule has 0 radical (unpaired) electrons. The fourth-order valence-corrected chi connectivity index (χ4v) is 4.25. The van der Waals surface area contributed by atoms with Crippen molar-refractivity contribution in [2.75, 3.05) is 19.8 Å². The normalized spacial score (nSPS) is 20.8. The van der Waals surface area contributed by atoms with Crippen molar-refractivity contribution in [2.24, 2.45) is 5.41 Å². The van der Waals surface area contributed by atoms with Crippen LogP contribution in [0.4, 0.5) is 4.79 Å². The van der Waals surface area contributed by atoms with Gasteiger partial charge in [0.25, 0.3) is 0 Å². The van der Waals surface area contributed by atoms with Gasteiger partial charge in [-0.1, -0.05) is 48.1 Å². The third-order valence-electron chi connectivity index (χ3n) is 6.29. The van der Waals surface area contributed by atoms with Crippen LogP contribution in [0.25, 0.3) is 0 Å². The van der Waals surface area contributed by atoms with Gasteiger partial charge in [-0.15, -0.1) is 0 Å². The molecule has 0 aliphatic carbocycles. The van der Waals surface area contributed by atoms with Crippen LogP contribution in [0.3, 0.4) is 0 Å². The molecule has 0 aromatic carbocycles.